The molecule has 3 rings (SSSR count). The molecule has 0 fully saturated rings. The Labute approximate surface area is 159 Å². The lowest BCUT2D eigenvalue weighted by Gasteiger charge is -2.10. The van der Waals surface area contributed by atoms with Gasteiger partial charge in [-0.15, -0.1) is 11.8 Å². The molecule has 2 aromatic rings. The van der Waals surface area contributed by atoms with Crippen molar-refractivity contribution in [3.05, 3.63) is 52.7 Å². The molecule has 0 saturated carbocycles. The predicted molar refractivity (Wildman–Crippen MR) is 105 cm³/mol. The number of rotatable bonds is 5. The van der Waals surface area contributed by atoms with E-state index in [2.05, 4.69) is 11.4 Å². The molecular weight excluding hydrogens is 342 g/mol. The number of hydrogen-bond acceptors (Lipinski definition) is 4. The summed E-state index contributed by atoms with van der Waals surface area (Å²) in [6.07, 6.45) is 5.95. The van der Waals surface area contributed by atoms with Crippen LogP contribution in [0, 0.1) is 18.3 Å². The number of benzene rings is 1. The standard InChI is InChI=1S/C21H23N3OS/c1-15-7-9-18(10-8-15)23-20(25)11-12-26-21-17(14-22)13-16-5-3-2-4-6-19(16)24-21/h7-10,13H,2-6,11-12H2,1H3,(H,23,25). The molecule has 0 atom stereocenters. The number of amides is 1. The minimum Gasteiger partial charge on any atom is -0.326 e. The number of carbonyl (C=O) groups is 1. The van der Waals surface area contributed by atoms with Crippen LogP contribution in [0.4, 0.5) is 5.69 Å². The van der Waals surface area contributed by atoms with Gasteiger partial charge in [-0.25, -0.2) is 4.98 Å². The van der Waals surface area contributed by atoms with E-state index in [0.29, 0.717) is 17.7 Å². The number of aromatic nitrogens is 1. The van der Waals surface area contributed by atoms with Gasteiger partial charge in [-0.3, -0.25) is 4.79 Å². The number of thioether (sulfide) groups is 1. The molecule has 0 aliphatic heterocycles. The number of carbonyl (C=O) groups excluding carboxylic acids is 1. The first-order valence-electron chi connectivity index (χ1n) is 9.08. The van der Waals surface area contributed by atoms with Gasteiger partial charge in [0.05, 0.1) is 5.56 Å². The lowest BCUT2D eigenvalue weighted by molar-refractivity contribution is -0.115. The zero-order valence-corrected chi connectivity index (χ0v) is 15.9. The molecule has 134 valence electrons. The molecule has 1 amide bonds. The van der Waals surface area contributed by atoms with Crippen LogP contribution in [0.3, 0.4) is 0 Å². The molecule has 1 aromatic heterocycles. The van der Waals surface area contributed by atoms with Crippen molar-refractivity contribution in [2.75, 3.05) is 11.1 Å². The second kappa shape index (κ2) is 8.86. The van der Waals surface area contributed by atoms with Gasteiger partial charge >= 0.3 is 0 Å². The summed E-state index contributed by atoms with van der Waals surface area (Å²) in [4.78, 5) is 16.9. The zero-order valence-electron chi connectivity index (χ0n) is 15.0. The van der Waals surface area contributed by atoms with Gasteiger partial charge in [-0.05, 0) is 56.4 Å². The first-order valence-corrected chi connectivity index (χ1v) is 10.1. The minimum atomic E-state index is -0.0189. The van der Waals surface area contributed by atoms with Crippen LogP contribution in [-0.2, 0) is 17.6 Å². The van der Waals surface area contributed by atoms with Gasteiger partial charge in [-0.1, -0.05) is 24.1 Å². The van der Waals surface area contributed by atoms with Crippen molar-refractivity contribution in [3.63, 3.8) is 0 Å². The Morgan fingerprint density at radius 1 is 1.23 bits per heavy atom. The Hall–Kier alpha value is -2.32. The van der Waals surface area contributed by atoms with Gasteiger partial charge in [0.15, 0.2) is 0 Å². The first kappa shape index (κ1) is 18.5. The molecule has 0 radical (unpaired) electrons. The Bertz CT molecular complexity index is 824. The van der Waals surface area contributed by atoms with E-state index >= 15 is 0 Å². The summed E-state index contributed by atoms with van der Waals surface area (Å²) in [5.74, 6) is 0.590. The summed E-state index contributed by atoms with van der Waals surface area (Å²) >= 11 is 1.50. The molecule has 5 heteroatoms. The molecule has 0 saturated heterocycles. The van der Waals surface area contributed by atoms with Crippen LogP contribution < -0.4 is 5.32 Å². The maximum atomic E-state index is 12.1. The summed E-state index contributed by atoms with van der Waals surface area (Å²) < 4.78 is 0. The Kier molecular flexibility index (Phi) is 6.30. The molecule has 4 nitrogen and oxygen atoms in total. The highest BCUT2D eigenvalue weighted by Crippen LogP contribution is 2.27. The van der Waals surface area contributed by atoms with Crippen molar-refractivity contribution in [1.29, 1.82) is 5.26 Å². The molecule has 1 aromatic carbocycles. The molecule has 1 aliphatic carbocycles. The van der Waals surface area contributed by atoms with Crippen LogP contribution >= 0.6 is 11.8 Å². The summed E-state index contributed by atoms with van der Waals surface area (Å²) in [5, 5.41) is 13.1. The van der Waals surface area contributed by atoms with E-state index < -0.39 is 0 Å². The smallest absolute Gasteiger partial charge is 0.225 e. The quantitative estimate of drug-likeness (QED) is 0.618. The molecule has 0 unspecified atom stereocenters. The van der Waals surface area contributed by atoms with Gasteiger partial charge in [0, 0.05) is 23.6 Å². The summed E-state index contributed by atoms with van der Waals surface area (Å²) in [7, 11) is 0. The fraction of sp³-hybridized carbons (Fsp3) is 0.381. The molecule has 0 bridgehead atoms. The van der Waals surface area contributed by atoms with Gasteiger partial charge in [0.25, 0.3) is 0 Å². The molecule has 1 heterocycles. The van der Waals surface area contributed by atoms with E-state index in [1.165, 1.54) is 30.2 Å². The van der Waals surface area contributed by atoms with Gasteiger partial charge in [0.1, 0.15) is 11.1 Å². The lowest BCUT2D eigenvalue weighted by atomic mass is 10.1. The van der Waals surface area contributed by atoms with E-state index in [4.69, 9.17) is 4.98 Å². The number of pyridine rings is 1. The second-order valence-corrected chi connectivity index (χ2v) is 7.72. The van der Waals surface area contributed by atoms with E-state index in [1.807, 2.05) is 37.3 Å². The summed E-state index contributed by atoms with van der Waals surface area (Å²) in [6, 6.07) is 12.0. The first-order chi connectivity index (χ1) is 12.7. The highest BCUT2D eigenvalue weighted by molar-refractivity contribution is 7.99. The van der Waals surface area contributed by atoms with Crippen molar-refractivity contribution in [1.82, 2.24) is 4.98 Å². The minimum absolute atomic E-state index is 0.0189. The van der Waals surface area contributed by atoms with Crippen LogP contribution in [0.2, 0.25) is 0 Å². The number of fused-ring (bicyclic) bond motifs is 1. The van der Waals surface area contributed by atoms with E-state index in [1.54, 1.807) is 0 Å². The monoisotopic (exact) mass is 365 g/mol. The zero-order chi connectivity index (χ0) is 18.4. The Morgan fingerprint density at radius 3 is 2.77 bits per heavy atom. The molecule has 1 aliphatic rings. The highest BCUT2D eigenvalue weighted by atomic mass is 32.2. The van der Waals surface area contributed by atoms with E-state index in [9.17, 15) is 10.1 Å². The molecule has 26 heavy (non-hydrogen) atoms. The van der Waals surface area contributed by atoms with Crippen molar-refractivity contribution in [2.45, 2.75) is 50.5 Å². The fourth-order valence-electron chi connectivity index (χ4n) is 3.08. The van der Waals surface area contributed by atoms with E-state index in [-0.39, 0.29) is 5.91 Å². The van der Waals surface area contributed by atoms with Crippen molar-refractivity contribution < 1.29 is 4.79 Å². The highest BCUT2D eigenvalue weighted by Gasteiger charge is 2.15. The van der Waals surface area contributed by atoms with Crippen molar-refractivity contribution in [2.24, 2.45) is 0 Å². The number of nitrogens with zero attached hydrogens (tertiary/aromatic N) is 2. The number of nitriles is 1. The van der Waals surface area contributed by atoms with Crippen molar-refractivity contribution >= 4 is 23.4 Å². The van der Waals surface area contributed by atoms with Crippen LogP contribution in [0.25, 0.3) is 0 Å². The second-order valence-electron chi connectivity index (χ2n) is 6.63. The van der Waals surface area contributed by atoms with Gasteiger partial charge in [0.2, 0.25) is 5.91 Å². The summed E-state index contributed by atoms with van der Waals surface area (Å²) in [5.41, 5.74) is 4.96. The summed E-state index contributed by atoms with van der Waals surface area (Å²) in [6.45, 7) is 2.02. The number of aryl methyl sites for hydroxylation is 3. The number of anilines is 1. The topological polar surface area (TPSA) is 65.8 Å². The third kappa shape index (κ3) is 4.86. The average molecular weight is 366 g/mol. The maximum absolute atomic E-state index is 12.1. The van der Waals surface area contributed by atoms with Crippen molar-refractivity contribution in [3.8, 4) is 6.07 Å². The lowest BCUT2D eigenvalue weighted by Crippen LogP contribution is -2.12. The fourth-order valence-corrected chi connectivity index (χ4v) is 4.00. The Morgan fingerprint density at radius 2 is 2.00 bits per heavy atom. The van der Waals surface area contributed by atoms with Gasteiger partial charge < -0.3 is 5.32 Å². The molecule has 1 N–H and O–H groups in total. The maximum Gasteiger partial charge on any atom is 0.225 e. The predicted octanol–water partition coefficient (Wildman–Crippen LogP) is 4.65. The van der Waals surface area contributed by atoms with Crippen LogP contribution in [0.1, 0.15) is 48.1 Å². The van der Waals surface area contributed by atoms with E-state index in [0.717, 1.165) is 41.2 Å². The number of hydrogen-bond donors (Lipinski definition) is 1. The largest absolute Gasteiger partial charge is 0.326 e. The van der Waals surface area contributed by atoms with Crippen LogP contribution in [-0.4, -0.2) is 16.6 Å². The third-order valence-corrected chi connectivity index (χ3v) is 5.53. The molecule has 0 spiro atoms. The molecular formula is C21H23N3OS. The average Bonchev–Trinajstić information content (AvgIpc) is 2.87. The Balaban J connectivity index is 1.58. The third-order valence-electron chi connectivity index (χ3n) is 4.54. The van der Waals surface area contributed by atoms with Crippen LogP contribution in [0.15, 0.2) is 35.4 Å². The van der Waals surface area contributed by atoms with Crippen LogP contribution in [0.5, 0.6) is 0 Å². The number of nitrogens with one attached hydrogen (secondary N) is 1. The normalized spacial score (nSPS) is 13.4. The SMILES string of the molecule is Cc1ccc(NC(=O)CCSc2nc3c(cc2C#N)CCCCC3)cc1. The van der Waals surface area contributed by atoms with Gasteiger partial charge in [-0.2, -0.15) is 5.26 Å².